The fourth-order valence-corrected chi connectivity index (χ4v) is 2.49. The molecule has 2 aromatic heterocycles. The summed E-state index contributed by atoms with van der Waals surface area (Å²) in [5, 5.41) is 0. The van der Waals surface area contributed by atoms with E-state index >= 15 is 0 Å². The van der Waals surface area contributed by atoms with Gasteiger partial charge >= 0.3 is 5.97 Å². The quantitative estimate of drug-likeness (QED) is 0.763. The highest BCUT2D eigenvalue weighted by Gasteiger charge is 2.26. The van der Waals surface area contributed by atoms with Crippen molar-refractivity contribution in [1.29, 1.82) is 0 Å². The Morgan fingerprint density at radius 1 is 1.04 bits per heavy atom. The van der Waals surface area contributed by atoms with Crippen LogP contribution in [0.1, 0.15) is 21.0 Å². The zero-order chi connectivity index (χ0) is 17.6. The lowest BCUT2D eigenvalue weighted by molar-refractivity contribution is -0.136. The van der Waals surface area contributed by atoms with Gasteiger partial charge in [-0.1, -0.05) is 6.07 Å². The molecule has 1 aliphatic rings. The van der Waals surface area contributed by atoms with Gasteiger partial charge in [0.1, 0.15) is 5.69 Å². The van der Waals surface area contributed by atoms with Crippen LogP contribution in [0.4, 0.5) is 0 Å². The van der Waals surface area contributed by atoms with Crippen LogP contribution in [0.25, 0.3) is 0 Å². The van der Waals surface area contributed by atoms with Gasteiger partial charge < -0.3 is 19.0 Å². The van der Waals surface area contributed by atoms with Gasteiger partial charge in [-0.05, 0) is 24.3 Å². The van der Waals surface area contributed by atoms with Gasteiger partial charge in [-0.3, -0.25) is 9.59 Å². The van der Waals surface area contributed by atoms with Crippen molar-refractivity contribution in [3.63, 3.8) is 0 Å². The average molecular weight is 343 g/mol. The summed E-state index contributed by atoms with van der Waals surface area (Å²) < 4.78 is 10.1. The van der Waals surface area contributed by atoms with Crippen LogP contribution in [0.15, 0.2) is 47.2 Å². The fourth-order valence-electron chi connectivity index (χ4n) is 2.49. The average Bonchev–Trinajstić information content (AvgIpc) is 3.21. The number of piperazine rings is 1. The number of furan rings is 1. The Kier molecular flexibility index (Phi) is 5.08. The van der Waals surface area contributed by atoms with Gasteiger partial charge in [0.05, 0.1) is 6.26 Å². The van der Waals surface area contributed by atoms with Gasteiger partial charge in [-0.15, -0.1) is 0 Å². The van der Waals surface area contributed by atoms with Crippen LogP contribution in [-0.2, 0) is 9.53 Å². The minimum absolute atomic E-state index is 0.157. The van der Waals surface area contributed by atoms with E-state index in [4.69, 9.17) is 9.15 Å². The van der Waals surface area contributed by atoms with Crippen molar-refractivity contribution < 1.29 is 23.5 Å². The summed E-state index contributed by atoms with van der Waals surface area (Å²) in [6.45, 7) is 1.22. The second kappa shape index (κ2) is 7.61. The third-order valence-electron chi connectivity index (χ3n) is 3.85. The Hall–Kier alpha value is -3.16. The summed E-state index contributed by atoms with van der Waals surface area (Å²) in [5.41, 5.74) is 0.157. The van der Waals surface area contributed by atoms with Crippen molar-refractivity contribution in [3.8, 4) is 0 Å². The van der Waals surface area contributed by atoms with Crippen LogP contribution in [0, 0.1) is 0 Å². The predicted molar refractivity (Wildman–Crippen MR) is 85.7 cm³/mol. The second-order valence-corrected chi connectivity index (χ2v) is 5.44. The van der Waals surface area contributed by atoms with Crippen LogP contribution < -0.4 is 0 Å². The Morgan fingerprint density at radius 3 is 2.44 bits per heavy atom. The third kappa shape index (κ3) is 4.03. The molecule has 2 aromatic rings. The second-order valence-electron chi connectivity index (χ2n) is 5.44. The molecule has 0 atom stereocenters. The Labute approximate surface area is 144 Å². The molecular weight excluding hydrogens is 326 g/mol. The minimum atomic E-state index is -0.638. The van der Waals surface area contributed by atoms with Gasteiger partial charge in [0.15, 0.2) is 12.4 Å². The van der Waals surface area contributed by atoms with E-state index in [0.29, 0.717) is 26.2 Å². The third-order valence-corrected chi connectivity index (χ3v) is 3.85. The lowest BCUT2D eigenvalue weighted by atomic mass is 10.3. The number of carbonyl (C=O) groups is 3. The van der Waals surface area contributed by atoms with Crippen LogP contribution in [0.3, 0.4) is 0 Å². The van der Waals surface area contributed by atoms with E-state index in [1.165, 1.54) is 18.5 Å². The molecule has 8 nitrogen and oxygen atoms in total. The van der Waals surface area contributed by atoms with Crippen LogP contribution >= 0.6 is 0 Å². The van der Waals surface area contributed by atoms with Gasteiger partial charge in [-0.2, -0.15) is 0 Å². The van der Waals surface area contributed by atoms with Crippen LogP contribution in [-0.4, -0.2) is 65.4 Å². The number of aromatic nitrogens is 1. The summed E-state index contributed by atoms with van der Waals surface area (Å²) in [6, 6.07) is 8.14. The first-order valence-corrected chi connectivity index (χ1v) is 7.84. The molecule has 1 fully saturated rings. The molecule has 0 aromatic carbocycles. The fraction of sp³-hybridized carbons (Fsp3) is 0.294. The molecule has 1 saturated heterocycles. The molecule has 0 aliphatic carbocycles. The van der Waals surface area contributed by atoms with E-state index in [-0.39, 0.29) is 29.9 Å². The van der Waals surface area contributed by atoms with Crippen LogP contribution in [0.5, 0.6) is 0 Å². The van der Waals surface area contributed by atoms with Gasteiger partial charge in [0.25, 0.3) is 11.8 Å². The van der Waals surface area contributed by atoms with Crippen molar-refractivity contribution in [2.45, 2.75) is 0 Å². The number of carbonyl (C=O) groups excluding carboxylic acids is 3. The summed E-state index contributed by atoms with van der Waals surface area (Å²) in [6.07, 6.45) is 2.93. The largest absolute Gasteiger partial charge is 0.459 e. The van der Waals surface area contributed by atoms with E-state index < -0.39 is 5.97 Å². The Bertz CT molecular complexity index is 737. The predicted octanol–water partition coefficient (Wildman–Crippen LogP) is 0.816. The highest BCUT2D eigenvalue weighted by atomic mass is 16.5. The molecule has 2 amide bonds. The molecular formula is C17H17N3O5. The van der Waals surface area contributed by atoms with Crippen molar-refractivity contribution in [3.05, 3.63) is 54.2 Å². The molecule has 25 heavy (non-hydrogen) atoms. The number of ether oxygens (including phenoxy) is 1. The Balaban J connectivity index is 1.45. The molecule has 0 bridgehead atoms. The number of hydrogen-bond donors (Lipinski definition) is 0. The zero-order valence-electron chi connectivity index (χ0n) is 13.5. The number of amides is 2. The SMILES string of the molecule is O=C(OCC(=O)N1CCN(C(=O)c2ccco2)CC1)c1ccccn1. The molecule has 1 aliphatic heterocycles. The molecule has 3 heterocycles. The number of esters is 1. The summed E-state index contributed by atoms with van der Waals surface area (Å²) in [5.74, 6) is -0.849. The normalized spacial score (nSPS) is 14.2. The van der Waals surface area contributed by atoms with Gasteiger partial charge in [-0.25, -0.2) is 9.78 Å². The highest BCUT2D eigenvalue weighted by molar-refractivity contribution is 5.92. The van der Waals surface area contributed by atoms with Gasteiger partial charge in [0.2, 0.25) is 0 Å². The molecule has 3 rings (SSSR count). The summed E-state index contributed by atoms with van der Waals surface area (Å²) in [4.78, 5) is 43.2. The van der Waals surface area contributed by atoms with E-state index in [2.05, 4.69) is 4.98 Å². The summed E-state index contributed by atoms with van der Waals surface area (Å²) in [7, 11) is 0. The topological polar surface area (TPSA) is 93.0 Å². The maximum Gasteiger partial charge on any atom is 0.357 e. The number of rotatable bonds is 4. The molecule has 8 heteroatoms. The number of hydrogen-bond acceptors (Lipinski definition) is 6. The molecule has 130 valence electrons. The standard InChI is InChI=1S/C17H17N3O5/c21-15(12-25-17(23)13-4-1-2-6-18-13)19-7-9-20(10-8-19)16(22)14-5-3-11-24-14/h1-6,11H,7-10,12H2. The monoisotopic (exact) mass is 343 g/mol. The Morgan fingerprint density at radius 2 is 1.80 bits per heavy atom. The van der Waals surface area contributed by atoms with Crippen LogP contribution in [0.2, 0.25) is 0 Å². The first-order chi connectivity index (χ1) is 12.1. The zero-order valence-corrected chi connectivity index (χ0v) is 13.5. The minimum Gasteiger partial charge on any atom is -0.459 e. The molecule has 0 radical (unpaired) electrons. The summed E-state index contributed by atoms with van der Waals surface area (Å²) >= 11 is 0. The van der Waals surface area contributed by atoms with E-state index in [1.54, 1.807) is 34.1 Å². The number of pyridine rings is 1. The van der Waals surface area contributed by atoms with E-state index in [0.717, 1.165) is 0 Å². The molecule has 0 saturated carbocycles. The van der Waals surface area contributed by atoms with Crippen molar-refractivity contribution in [1.82, 2.24) is 14.8 Å². The molecule has 0 unspecified atom stereocenters. The lowest BCUT2D eigenvalue weighted by Crippen LogP contribution is -2.51. The van der Waals surface area contributed by atoms with Crippen molar-refractivity contribution in [2.75, 3.05) is 32.8 Å². The highest BCUT2D eigenvalue weighted by Crippen LogP contribution is 2.09. The maximum atomic E-state index is 12.2. The first-order valence-electron chi connectivity index (χ1n) is 7.84. The maximum absolute atomic E-state index is 12.2. The first kappa shape index (κ1) is 16.7. The van der Waals surface area contributed by atoms with Crippen molar-refractivity contribution in [2.24, 2.45) is 0 Å². The smallest absolute Gasteiger partial charge is 0.357 e. The number of nitrogens with zero attached hydrogens (tertiary/aromatic N) is 3. The van der Waals surface area contributed by atoms with E-state index in [9.17, 15) is 14.4 Å². The van der Waals surface area contributed by atoms with Crippen molar-refractivity contribution >= 4 is 17.8 Å². The lowest BCUT2D eigenvalue weighted by Gasteiger charge is -2.34. The van der Waals surface area contributed by atoms with E-state index in [1.807, 2.05) is 0 Å². The van der Waals surface area contributed by atoms with Gasteiger partial charge in [0, 0.05) is 32.4 Å². The molecule has 0 N–H and O–H groups in total. The molecule has 0 spiro atoms.